The van der Waals surface area contributed by atoms with Gasteiger partial charge < -0.3 is 19.9 Å². The molecule has 0 bridgehead atoms. The van der Waals surface area contributed by atoms with Crippen LogP contribution in [0.25, 0.3) is 0 Å². The summed E-state index contributed by atoms with van der Waals surface area (Å²) < 4.78 is 5.75. The zero-order chi connectivity index (χ0) is 15.3. The lowest BCUT2D eigenvalue weighted by molar-refractivity contribution is 0.0770. The van der Waals surface area contributed by atoms with Crippen LogP contribution >= 0.6 is 0 Å². The van der Waals surface area contributed by atoms with Crippen molar-refractivity contribution in [1.29, 1.82) is 0 Å². The van der Waals surface area contributed by atoms with Gasteiger partial charge in [-0.15, -0.1) is 0 Å². The first-order valence-corrected chi connectivity index (χ1v) is 8.68. The molecule has 1 N–H and O–H groups in total. The van der Waals surface area contributed by atoms with Gasteiger partial charge in [-0.25, -0.2) is 0 Å². The van der Waals surface area contributed by atoms with E-state index in [1.165, 1.54) is 38.9 Å². The molecule has 2 rings (SSSR count). The normalized spacial score (nSPS) is 28.9. The highest BCUT2D eigenvalue weighted by Crippen LogP contribution is 2.30. The van der Waals surface area contributed by atoms with Gasteiger partial charge in [0.05, 0.1) is 6.61 Å². The molecule has 4 nitrogen and oxygen atoms in total. The Balaban J connectivity index is 1.83. The van der Waals surface area contributed by atoms with Crippen LogP contribution in [0.4, 0.5) is 0 Å². The van der Waals surface area contributed by atoms with Crippen molar-refractivity contribution in [3.8, 4) is 0 Å². The van der Waals surface area contributed by atoms with Crippen molar-refractivity contribution < 1.29 is 4.74 Å². The fourth-order valence-electron chi connectivity index (χ4n) is 3.69. The van der Waals surface area contributed by atoms with E-state index in [0.29, 0.717) is 5.41 Å². The summed E-state index contributed by atoms with van der Waals surface area (Å²) in [5.41, 5.74) is 0.326. The summed E-state index contributed by atoms with van der Waals surface area (Å²) in [5, 5.41) is 3.67. The predicted molar refractivity (Wildman–Crippen MR) is 88.7 cm³/mol. The summed E-state index contributed by atoms with van der Waals surface area (Å²) in [6.45, 7) is 12.3. The fourth-order valence-corrected chi connectivity index (χ4v) is 3.69. The minimum Gasteiger partial charge on any atom is -0.381 e. The molecule has 0 aromatic carbocycles. The van der Waals surface area contributed by atoms with Crippen molar-refractivity contribution >= 4 is 0 Å². The van der Waals surface area contributed by atoms with Gasteiger partial charge in [0.15, 0.2) is 0 Å². The van der Waals surface area contributed by atoms with E-state index in [9.17, 15) is 0 Å². The van der Waals surface area contributed by atoms with Gasteiger partial charge in [-0.05, 0) is 58.9 Å². The van der Waals surface area contributed by atoms with Crippen molar-refractivity contribution in [1.82, 2.24) is 15.1 Å². The lowest BCUT2D eigenvalue weighted by Crippen LogP contribution is -2.49. The third-order valence-electron chi connectivity index (χ3n) is 5.13. The van der Waals surface area contributed by atoms with E-state index in [4.69, 9.17) is 4.74 Å². The van der Waals surface area contributed by atoms with Crippen LogP contribution in [-0.4, -0.2) is 75.9 Å². The second kappa shape index (κ2) is 7.91. The quantitative estimate of drug-likeness (QED) is 0.773. The lowest BCUT2D eigenvalue weighted by Gasteiger charge is -2.40. The summed E-state index contributed by atoms with van der Waals surface area (Å²) in [7, 11) is 4.55. The Labute approximate surface area is 131 Å². The maximum absolute atomic E-state index is 5.75. The fraction of sp³-hybridized carbons (Fsp3) is 1.00. The first kappa shape index (κ1) is 17.2. The van der Waals surface area contributed by atoms with E-state index in [1.807, 2.05) is 0 Å². The van der Waals surface area contributed by atoms with Crippen molar-refractivity contribution in [2.45, 2.75) is 39.2 Å². The summed E-state index contributed by atoms with van der Waals surface area (Å²) in [5.74, 6) is 0.719. The molecule has 0 saturated carbocycles. The molecule has 124 valence electrons. The van der Waals surface area contributed by atoms with Crippen LogP contribution in [0.15, 0.2) is 0 Å². The molecule has 2 aliphatic rings. The van der Waals surface area contributed by atoms with Gasteiger partial charge >= 0.3 is 0 Å². The molecule has 4 heteroatoms. The van der Waals surface area contributed by atoms with E-state index >= 15 is 0 Å². The molecule has 21 heavy (non-hydrogen) atoms. The summed E-state index contributed by atoms with van der Waals surface area (Å²) in [6.07, 6.45) is 3.82. The number of ether oxygens (including phenoxy) is 1. The Hall–Kier alpha value is -0.160. The first-order chi connectivity index (χ1) is 10.0. The standard InChI is InChI=1S/C17H35N3O/c1-15(2)11-18-12-17(7-10-21-14-17)13-20(4)16-5-8-19(3)9-6-16/h15-16,18H,5-14H2,1-4H3. The predicted octanol–water partition coefficient (Wildman–Crippen LogP) is 1.66. The molecular formula is C17H35N3O. The average Bonchev–Trinajstić information content (AvgIpc) is 2.87. The Morgan fingerprint density at radius 3 is 2.62 bits per heavy atom. The second-order valence-electron chi connectivity index (χ2n) is 7.78. The van der Waals surface area contributed by atoms with Gasteiger partial charge in [-0.1, -0.05) is 13.8 Å². The third kappa shape index (κ3) is 5.20. The van der Waals surface area contributed by atoms with E-state index < -0.39 is 0 Å². The van der Waals surface area contributed by atoms with E-state index in [1.54, 1.807) is 0 Å². The molecule has 2 saturated heterocycles. The molecule has 0 amide bonds. The van der Waals surface area contributed by atoms with Gasteiger partial charge in [0.1, 0.15) is 0 Å². The summed E-state index contributed by atoms with van der Waals surface area (Å²) in [4.78, 5) is 5.06. The van der Waals surface area contributed by atoms with E-state index in [0.717, 1.165) is 38.3 Å². The van der Waals surface area contributed by atoms with Crippen LogP contribution in [0, 0.1) is 11.3 Å². The summed E-state index contributed by atoms with van der Waals surface area (Å²) >= 11 is 0. The Bertz CT molecular complexity index is 294. The smallest absolute Gasteiger partial charge is 0.0547 e. The number of likely N-dealkylation sites (tertiary alicyclic amines) is 1. The molecule has 2 aliphatic heterocycles. The van der Waals surface area contributed by atoms with Gasteiger partial charge in [0.25, 0.3) is 0 Å². The Morgan fingerprint density at radius 2 is 2.05 bits per heavy atom. The average molecular weight is 297 g/mol. The minimum absolute atomic E-state index is 0.326. The highest BCUT2D eigenvalue weighted by Gasteiger charge is 2.37. The molecule has 1 atom stereocenters. The SMILES string of the molecule is CC(C)CNCC1(CN(C)C2CCN(C)CC2)CCOC1. The maximum atomic E-state index is 5.75. The van der Waals surface area contributed by atoms with Crippen LogP contribution in [0.2, 0.25) is 0 Å². The van der Waals surface area contributed by atoms with Crippen molar-refractivity contribution in [2.75, 3.05) is 60.0 Å². The van der Waals surface area contributed by atoms with Gasteiger partial charge in [-0.2, -0.15) is 0 Å². The zero-order valence-electron chi connectivity index (χ0n) is 14.5. The number of nitrogens with zero attached hydrogens (tertiary/aromatic N) is 2. The van der Waals surface area contributed by atoms with Crippen molar-refractivity contribution in [2.24, 2.45) is 11.3 Å². The molecule has 2 heterocycles. The second-order valence-corrected chi connectivity index (χ2v) is 7.78. The van der Waals surface area contributed by atoms with Crippen LogP contribution in [-0.2, 0) is 4.74 Å². The highest BCUT2D eigenvalue weighted by molar-refractivity contribution is 4.90. The van der Waals surface area contributed by atoms with E-state index in [2.05, 4.69) is 43.1 Å². The molecular weight excluding hydrogens is 262 g/mol. The van der Waals surface area contributed by atoms with Crippen LogP contribution in [0.3, 0.4) is 0 Å². The molecule has 0 aromatic rings. The highest BCUT2D eigenvalue weighted by atomic mass is 16.5. The summed E-state index contributed by atoms with van der Waals surface area (Å²) in [6, 6.07) is 0.753. The van der Waals surface area contributed by atoms with Crippen LogP contribution in [0.5, 0.6) is 0 Å². The third-order valence-corrected chi connectivity index (χ3v) is 5.13. The number of hydrogen-bond donors (Lipinski definition) is 1. The monoisotopic (exact) mass is 297 g/mol. The topological polar surface area (TPSA) is 27.7 Å². The van der Waals surface area contributed by atoms with Crippen molar-refractivity contribution in [3.63, 3.8) is 0 Å². The molecule has 1 unspecified atom stereocenters. The number of nitrogens with one attached hydrogen (secondary N) is 1. The molecule has 0 aromatic heterocycles. The van der Waals surface area contributed by atoms with Gasteiger partial charge in [0.2, 0.25) is 0 Å². The number of piperidine rings is 1. The number of hydrogen-bond acceptors (Lipinski definition) is 4. The Kier molecular flexibility index (Phi) is 6.48. The van der Waals surface area contributed by atoms with Crippen LogP contribution < -0.4 is 5.32 Å². The van der Waals surface area contributed by atoms with E-state index in [-0.39, 0.29) is 0 Å². The van der Waals surface area contributed by atoms with Crippen LogP contribution in [0.1, 0.15) is 33.1 Å². The zero-order valence-corrected chi connectivity index (χ0v) is 14.5. The Morgan fingerprint density at radius 1 is 1.33 bits per heavy atom. The van der Waals surface area contributed by atoms with Gasteiger partial charge in [-0.3, -0.25) is 0 Å². The first-order valence-electron chi connectivity index (χ1n) is 8.68. The molecule has 2 fully saturated rings. The largest absolute Gasteiger partial charge is 0.381 e. The maximum Gasteiger partial charge on any atom is 0.0547 e. The van der Waals surface area contributed by atoms with Crippen molar-refractivity contribution in [3.05, 3.63) is 0 Å². The van der Waals surface area contributed by atoms with Gasteiger partial charge in [0, 0.05) is 31.2 Å². The lowest BCUT2D eigenvalue weighted by atomic mass is 9.85. The molecule has 0 spiro atoms. The molecule has 0 radical (unpaired) electrons. The number of rotatable bonds is 7. The minimum atomic E-state index is 0.326. The molecule has 0 aliphatic carbocycles.